The number of nitrogens with one attached hydrogen (secondary N) is 2. The predicted octanol–water partition coefficient (Wildman–Crippen LogP) is 4.29. The molecule has 1 aliphatic carbocycles. The summed E-state index contributed by atoms with van der Waals surface area (Å²) in [5.74, 6) is 0.727. The number of piperidine rings is 1. The molecule has 166 valence electrons. The molecule has 7 nitrogen and oxygen atoms in total. The van der Waals surface area contributed by atoms with Gasteiger partial charge in [-0.1, -0.05) is 12.8 Å². The van der Waals surface area contributed by atoms with Gasteiger partial charge in [-0.15, -0.1) is 0 Å². The van der Waals surface area contributed by atoms with Gasteiger partial charge in [0, 0.05) is 53.7 Å². The summed E-state index contributed by atoms with van der Waals surface area (Å²) in [6, 6.07) is 9.11. The van der Waals surface area contributed by atoms with Crippen LogP contribution in [0.1, 0.15) is 60.5 Å². The summed E-state index contributed by atoms with van der Waals surface area (Å²) in [5.41, 5.74) is 9.59. The molecule has 0 spiro atoms. The molecule has 2 amide bonds. The fourth-order valence-corrected chi connectivity index (χ4v) is 5.17. The maximum absolute atomic E-state index is 12.8. The average molecular weight is 432 g/mol. The van der Waals surface area contributed by atoms with E-state index in [-0.39, 0.29) is 11.8 Å². The molecule has 0 bridgehead atoms. The zero-order chi connectivity index (χ0) is 22.1. The molecule has 3 heterocycles. The second-order valence-electron chi connectivity index (χ2n) is 9.01. The number of amides is 2. The number of pyridine rings is 1. The van der Waals surface area contributed by atoms with Gasteiger partial charge in [0.25, 0.3) is 5.91 Å². The van der Waals surface area contributed by atoms with Crippen molar-refractivity contribution in [2.24, 2.45) is 5.92 Å². The highest BCUT2D eigenvalue weighted by molar-refractivity contribution is 6.04. The lowest BCUT2D eigenvalue weighted by molar-refractivity contribution is -0.136. The van der Waals surface area contributed by atoms with E-state index >= 15 is 0 Å². The van der Waals surface area contributed by atoms with Gasteiger partial charge in [0.05, 0.1) is 0 Å². The Morgan fingerprint density at radius 1 is 1.06 bits per heavy atom. The number of aromatic amines is 1. The van der Waals surface area contributed by atoms with Crippen LogP contribution < -0.4 is 11.1 Å². The SMILES string of the molecule is Nc1ccnc(C(=O)Nc2ccc3[nH]cc(C4CCN(C(=O)C5CCCC5)CC4)c3c2)c1. The molecule has 1 aliphatic heterocycles. The van der Waals surface area contributed by atoms with Crippen LogP contribution in [0.5, 0.6) is 0 Å². The van der Waals surface area contributed by atoms with Crippen LogP contribution in [0.2, 0.25) is 0 Å². The minimum absolute atomic E-state index is 0.250. The highest BCUT2D eigenvalue weighted by Crippen LogP contribution is 2.35. The van der Waals surface area contributed by atoms with Crippen molar-refractivity contribution in [1.82, 2.24) is 14.9 Å². The summed E-state index contributed by atoms with van der Waals surface area (Å²) < 4.78 is 0. The Bertz CT molecular complexity index is 1140. The number of hydrogen-bond acceptors (Lipinski definition) is 4. The summed E-state index contributed by atoms with van der Waals surface area (Å²) in [4.78, 5) is 34.9. The van der Waals surface area contributed by atoms with E-state index < -0.39 is 0 Å². The van der Waals surface area contributed by atoms with Crippen LogP contribution in [0.4, 0.5) is 11.4 Å². The third kappa shape index (κ3) is 4.07. The number of aromatic nitrogens is 2. The summed E-state index contributed by atoms with van der Waals surface area (Å²) >= 11 is 0. The number of benzene rings is 1. The van der Waals surface area contributed by atoms with Crippen molar-refractivity contribution in [3.05, 3.63) is 54.0 Å². The largest absolute Gasteiger partial charge is 0.399 e. The van der Waals surface area contributed by atoms with Gasteiger partial charge in [-0.25, -0.2) is 0 Å². The minimum Gasteiger partial charge on any atom is -0.399 e. The molecule has 32 heavy (non-hydrogen) atoms. The van der Waals surface area contributed by atoms with Crippen LogP contribution in [0.25, 0.3) is 10.9 Å². The van der Waals surface area contributed by atoms with Gasteiger partial charge < -0.3 is 20.9 Å². The third-order valence-corrected chi connectivity index (χ3v) is 6.94. The van der Waals surface area contributed by atoms with Crippen LogP contribution in [0.3, 0.4) is 0 Å². The van der Waals surface area contributed by atoms with Crippen LogP contribution >= 0.6 is 0 Å². The molecule has 0 atom stereocenters. The zero-order valence-corrected chi connectivity index (χ0v) is 18.1. The zero-order valence-electron chi connectivity index (χ0n) is 18.1. The van der Waals surface area contributed by atoms with Crippen LogP contribution in [-0.4, -0.2) is 39.8 Å². The minimum atomic E-state index is -0.285. The van der Waals surface area contributed by atoms with Crippen molar-refractivity contribution in [2.45, 2.75) is 44.4 Å². The Hall–Kier alpha value is -3.35. The van der Waals surface area contributed by atoms with E-state index in [0.717, 1.165) is 55.4 Å². The molecular formula is C25H29N5O2. The quantitative estimate of drug-likeness (QED) is 0.573. The molecular weight excluding hydrogens is 402 g/mol. The predicted molar refractivity (Wildman–Crippen MR) is 125 cm³/mol. The number of likely N-dealkylation sites (tertiary alicyclic amines) is 1. The van der Waals surface area contributed by atoms with Gasteiger partial charge in [0.1, 0.15) is 5.69 Å². The molecule has 0 radical (unpaired) electrons. The molecule has 0 unspecified atom stereocenters. The fraction of sp³-hybridized carbons (Fsp3) is 0.400. The number of H-pyrrole nitrogens is 1. The maximum atomic E-state index is 12.8. The molecule has 2 aliphatic rings. The second kappa shape index (κ2) is 8.65. The fourth-order valence-electron chi connectivity index (χ4n) is 5.17. The Morgan fingerprint density at radius 2 is 1.84 bits per heavy atom. The first-order chi connectivity index (χ1) is 15.6. The van der Waals surface area contributed by atoms with E-state index in [1.165, 1.54) is 24.6 Å². The average Bonchev–Trinajstić information content (AvgIpc) is 3.49. The Balaban J connectivity index is 1.29. The lowest BCUT2D eigenvalue weighted by Gasteiger charge is -2.33. The lowest BCUT2D eigenvalue weighted by atomic mass is 9.88. The number of nitrogens with zero attached hydrogens (tertiary/aromatic N) is 2. The number of hydrogen-bond donors (Lipinski definition) is 3. The molecule has 5 rings (SSSR count). The van der Waals surface area contributed by atoms with Crippen molar-refractivity contribution in [3.8, 4) is 0 Å². The van der Waals surface area contributed by atoms with Gasteiger partial charge in [-0.05, 0) is 67.5 Å². The van der Waals surface area contributed by atoms with E-state index in [1.807, 2.05) is 18.2 Å². The highest BCUT2D eigenvalue weighted by Gasteiger charge is 2.31. The first-order valence-corrected chi connectivity index (χ1v) is 11.5. The van der Waals surface area contributed by atoms with Gasteiger partial charge in [-0.3, -0.25) is 14.6 Å². The monoisotopic (exact) mass is 431 g/mol. The first kappa shape index (κ1) is 20.5. The summed E-state index contributed by atoms with van der Waals surface area (Å²) in [6.07, 6.45) is 10.0. The van der Waals surface area contributed by atoms with E-state index in [9.17, 15) is 9.59 Å². The highest BCUT2D eigenvalue weighted by atomic mass is 16.2. The lowest BCUT2D eigenvalue weighted by Crippen LogP contribution is -2.40. The Labute approximate surface area is 187 Å². The van der Waals surface area contributed by atoms with Crippen molar-refractivity contribution in [2.75, 3.05) is 24.1 Å². The van der Waals surface area contributed by atoms with E-state index in [1.54, 1.807) is 12.1 Å². The van der Waals surface area contributed by atoms with Crippen LogP contribution in [-0.2, 0) is 4.79 Å². The Morgan fingerprint density at radius 3 is 2.59 bits per heavy atom. The molecule has 7 heteroatoms. The topological polar surface area (TPSA) is 104 Å². The number of anilines is 2. The molecule has 1 saturated carbocycles. The van der Waals surface area contributed by atoms with Crippen molar-refractivity contribution in [3.63, 3.8) is 0 Å². The van der Waals surface area contributed by atoms with E-state index in [2.05, 4.69) is 26.4 Å². The van der Waals surface area contributed by atoms with Gasteiger partial charge in [0.15, 0.2) is 0 Å². The van der Waals surface area contributed by atoms with Crippen molar-refractivity contribution < 1.29 is 9.59 Å². The Kier molecular flexibility index (Phi) is 5.55. The molecule has 1 aromatic carbocycles. The van der Waals surface area contributed by atoms with E-state index in [4.69, 9.17) is 5.73 Å². The number of carbonyl (C=O) groups excluding carboxylic acids is 2. The molecule has 2 fully saturated rings. The summed E-state index contributed by atoms with van der Waals surface area (Å²) in [7, 11) is 0. The van der Waals surface area contributed by atoms with Crippen molar-refractivity contribution in [1.29, 1.82) is 0 Å². The standard InChI is InChI=1S/C25H29N5O2/c26-18-7-10-27-23(13-18)24(31)29-19-5-6-22-20(14-19)21(15-28-22)16-8-11-30(12-9-16)25(32)17-3-1-2-4-17/h5-7,10,13-17,28H,1-4,8-9,11-12H2,(H2,26,27)(H,29,31). The normalized spacial score (nSPS) is 17.7. The number of nitrogens with two attached hydrogens (primary N) is 1. The second-order valence-corrected chi connectivity index (χ2v) is 9.01. The summed E-state index contributed by atoms with van der Waals surface area (Å²) in [6.45, 7) is 1.65. The van der Waals surface area contributed by atoms with Gasteiger partial charge >= 0.3 is 0 Å². The smallest absolute Gasteiger partial charge is 0.274 e. The van der Waals surface area contributed by atoms with Gasteiger partial charge in [-0.2, -0.15) is 0 Å². The number of nitrogen functional groups attached to an aromatic ring is 1. The molecule has 1 saturated heterocycles. The number of rotatable bonds is 4. The van der Waals surface area contributed by atoms with Gasteiger partial charge in [0.2, 0.25) is 5.91 Å². The number of fused-ring (bicyclic) bond motifs is 1. The number of carbonyl (C=O) groups is 2. The van der Waals surface area contributed by atoms with Crippen molar-refractivity contribution >= 4 is 34.1 Å². The molecule has 3 aromatic rings. The first-order valence-electron chi connectivity index (χ1n) is 11.5. The van der Waals surface area contributed by atoms with Crippen LogP contribution in [0.15, 0.2) is 42.7 Å². The maximum Gasteiger partial charge on any atom is 0.274 e. The third-order valence-electron chi connectivity index (χ3n) is 6.94. The molecule has 2 aromatic heterocycles. The van der Waals surface area contributed by atoms with E-state index in [0.29, 0.717) is 23.2 Å². The molecule has 4 N–H and O–H groups in total. The van der Waals surface area contributed by atoms with Crippen LogP contribution in [0, 0.1) is 5.92 Å². The summed E-state index contributed by atoms with van der Waals surface area (Å²) in [5, 5.41) is 4.04.